The van der Waals surface area contributed by atoms with E-state index in [0.29, 0.717) is 39.6 Å². The Kier molecular flexibility index (Phi) is 4.68. The average Bonchev–Trinajstić information content (AvgIpc) is 3.51. The molecule has 5 N–H and O–H groups in total. The number of halogens is 1. The van der Waals surface area contributed by atoms with Gasteiger partial charge in [-0.1, -0.05) is 12.1 Å². The molecule has 4 aromatic heterocycles. The van der Waals surface area contributed by atoms with E-state index in [4.69, 9.17) is 21.4 Å². The normalized spacial score (nSPS) is 14.8. The minimum absolute atomic E-state index is 0.253. The number of hydrogen-bond donors (Lipinski definition) is 3. The number of aromatic amines is 1. The molecule has 7 rings (SSSR count). The largest absolute Gasteiger partial charge is 0.383 e. The van der Waals surface area contributed by atoms with Crippen LogP contribution < -0.4 is 11.5 Å². The molecule has 0 atom stereocenters. The Balaban J connectivity index is 1.46. The van der Waals surface area contributed by atoms with E-state index in [1.807, 2.05) is 47.0 Å². The Bertz CT molecular complexity index is 1800. The van der Waals surface area contributed by atoms with E-state index in [-0.39, 0.29) is 11.4 Å². The van der Waals surface area contributed by atoms with Gasteiger partial charge in [0.15, 0.2) is 11.5 Å². The van der Waals surface area contributed by atoms with Crippen LogP contribution in [0.1, 0.15) is 24.8 Å². The molecule has 0 radical (unpaired) electrons. The van der Waals surface area contributed by atoms with Gasteiger partial charge in [-0.05, 0) is 79.4 Å². The minimum atomic E-state index is -0.327. The summed E-state index contributed by atoms with van der Waals surface area (Å²) in [7, 11) is 0. The Morgan fingerprint density at radius 2 is 1.78 bits per heavy atom. The number of nitrogen functional groups attached to an aromatic ring is 1. The highest BCUT2D eigenvalue weighted by atomic mass is 19.1. The Morgan fingerprint density at radius 1 is 0.946 bits per heavy atom. The van der Waals surface area contributed by atoms with Crippen LogP contribution in [-0.4, -0.2) is 24.5 Å². The number of pyridine rings is 2. The van der Waals surface area contributed by atoms with E-state index >= 15 is 0 Å². The van der Waals surface area contributed by atoms with Gasteiger partial charge in [0.1, 0.15) is 17.2 Å². The third-order valence-electron chi connectivity index (χ3n) is 7.44. The molecule has 8 heteroatoms. The van der Waals surface area contributed by atoms with E-state index in [1.54, 1.807) is 12.4 Å². The third-order valence-corrected chi connectivity index (χ3v) is 7.44. The standard InChI is InChI=1S/C29H24FN7/c30-18-15-22(20-10-14-33-25(20)16-18)23-8-9-24-28(35-23)37(27(36-24)21-3-1-13-34-26(21)31)19-6-4-17(5-7-19)29(32)11-2-12-29/h1,3-10,13-16,33H,2,11-12,32H2,(H2,31,34). The summed E-state index contributed by atoms with van der Waals surface area (Å²) < 4.78 is 16.4. The Morgan fingerprint density at radius 3 is 2.54 bits per heavy atom. The average molecular weight is 490 g/mol. The number of imidazole rings is 1. The summed E-state index contributed by atoms with van der Waals surface area (Å²) in [6.45, 7) is 0. The van der Waals surface area contributed by atoms with E-state index in [9.17, 15) is 4.39 Å². The van der Waals surface area contributed by atoms with E-state index in [0.717, 1.165) is 41.4 Å². The highest BCUT2D eigenvalue weighted by Gasteiger charge is 2.34. The maximum atomic E-state index is 14.5. The number of nitrogens with one attached hydrogen (secondary N) is 1. The predicted molar refractivity (Wildman–Crippen MR) is 143 cm³/mol. The van der Waals surface area contributed by atoms with Crippen LogP contribution in [0.25, 0.3) is 50.4 Å². The maximum Gasteiger partial charge on any atom is 0.165 e. The van der Waals surface area contributed by atoms with E-state index in [2.05, 4.69) is 22.1 Å². The molecule has 1 aliphatic carbocycles. The zero-order valence-corrected chi connectivity index (χ0v) is 19.9. The number of nitrogens with zero attached hydrogens (tertiary/aromatic N) is 4. The molecule has 0 aliphatic heterocycles. The molecule has 182 valence electrons. The molecule has 0 unspecified atom stereocenters. The van der Waals surface area contributed by atoms with Gasteiger partial charge in [-0.15, -0.1) is 0 Å². The highest BCUT2D eigenvalue weighted by Crippen LogP contribution is 2.39. The van der Waals surface area contributed by atoms with Crippen molar-refractivity contribution >= 4 is 27.9 Å². The fraction of sp³-hybridized carbons (Fsp3) is 0.138. The summed E-state index contributed by atoms with van der Waals surface area (Å²) in [5, 5.41) is 0.897. The van der Waals surface area contributed by atoms with Crippen LogP contribution in [0.3, 0.4) is 0 Å². The van der Waals surface area contributed by atoms with Crippen LogP contribution in [0.2, 0.25) is 0 Å². The molecule has 0 amide bonds. The van der Waals surface area contributed by atoms with Crippen LogP contribution in [-0.2, 0) is 5.54 Å². The SMILES string of the molecule is Nc1ncccc1-c1nc2ccc(-c3cc(F)cc4[nH]ccc34)nc2n1-c1ccc(C2(N)CCC2)cc1. The number of benzene rings is 2. The summed E-state index contributed by atoms with van der Waals surface area (Å²) >= 11 is 0. The van der Waals surface area contributed by atoms with Gasteiger partial charge in [0.25, 0.3) is 0 Å². The smallest absolute Gasteiger partial charge is 0.165 e. The number of aromatic nitrogens is 5. The van der Waals surface area contributed by atoms with Crippen LogP contribution >= 0.6 is 0 Å². The molecule has 37 heavy (non-hydrogen) atoms. The topological polar surface area (TPSA) is 111 Å². The Hall–Kier alpha value is -4.56. The Labute approximate surface area is 212 Å². The van der Waals surface area contributed by atoms with Gasteiger partial charge in [0, 0.05) is 40.1 Å². The molecule has 6 aromatic rings. The summed E-state index contributed by atoms with van der Waals surface area (Å²) in [5.74, 6) is 0.687. The summed E-state index contributed by atoms with van der Waals surface area (Å²) in [4.78, 5) is 17.3. The van der Waals surface area contributed by atoms with Crippen LogP contribution in [0.4, 0.5) is 10.2 Å². The van der Waals surface area contributed by atoms with Crippen LogP contribution in [0.5, 0.6) is 0 Å². The fourth-order valence-corrected chi connectivity index (χ4v) is 5.27. The van der Waals surface area contributed by atoms with Gasteiger partial charge in [-0.2, -0.15) is 0 Å². The fourth-order valence-electron chi connectivity index (χ4n) is 5.27. The number of fused-ring (bicyclic) bond motifs is 2. The minimum Gasteiger partial charge on any atom is -0.383 e. The first kappa shape index (κ1) is 21.7. The second-order valence-corrected chi connectivity index (χ2v) is 9.70. The highest BCUT2D eigenvalue weighted by molar-refractivity contribution is 5.95. The number of anilines is 1. The molecular formula is C29H24FN7. The first-order valence-corrected chi connectivity index (χ1v) is 12.3. The van der Waals surface area contributed by atoms with Gasteiger partial charge in [-0.3, -0.25) is 4.57 Å². The molecule has 1 aliphatic rings. The lowest BCUT2D eigenvalue weighted by Gasteiger charge is -2.38. The predicted octanol–water partition coefficient (Wildman–Crippen LogP) is 5.69. The molecule has 2 aromatic carbocycles. The number of nitrogens with two attached hydrogens (primary N) is 2. The maximum absolute atomic E-state index is 14.5. The van der Waals surface area contributed by atoms with Gasteiger partial charge in [0.05, 0.1) is 11.3 Å². The second kappa shape index (κ2) is 7.97. The lowest BCUT2D eigenvalue weighted by molar-refractivity contribution is 0.253. The molecule has 0 saturated heterocycles. The first-order valence-electron chi connectivity index (χ1n) is 12.3. The molecule has 7 nitrogen and oxygen atoms in total. The van der Waals surface area contributed by atoms with Crippen molar-refractivity contribution in [1.82, 2.24) is 24.5 Å². The van der Waals surface area contributed by atoms with Crippen LogP contribution in [0, 0.1) is 5.82 Å². The third kappa shape index (κ3) is 3.41. The van der Waals surface area contributed by atoms with Crippen molar-refractivity contribution in [2.75, 3.05) is 5.73 Å². The molecule has 4 heterocycles. The summed E-state index contributed by atoms with van der Waals surface area (Å²) in [5.41, 5.74) is 18.7. The van der Waals surface area contributed by atoms with Crippen molar-refractivity contribution in [3.05, 3.63) is 90.5 Å². The number of H-pyrrole nitrogens is 1. The molecular weight excluding hydrogens is 465 g/mol. The lowest BCUT2D eigenvalue weighted by atomic mass is 9.73. The van der Waals surface area contributed by atoms with Crippen molar-refractivity contribution in [2.24, 2.45) is 5.73 Å². The number of rotatable bonds is 4. The molecule has 1 fully saturated rings. The molecule has 0 spiro atoms. The summed E-state index contributed by atoms with van der Waals surface area (Å²) in [6.07, 6.45) is 6.58. The quantitative estimate of drug-likeness (QED) is 0.295. The van der Waals surface area contributed by atoms with Crippen molar-refractivity contribution < 1.29 is 4.39 Å². The van der Waals surface area contributed by atoms with Crippen molar-refractivity contribution in [3.8, 4) is 28.3 Å². The van der Waals surface area contributed by atoms with Crippen molar-refractivity contribution in [3.63, 3.8) is 0 Å². The van der Waals surface area contributed by atoms with E-state index in [1.165, 1.54) is 12.1 Å². The second-order valence-electron chi connectivity index (χ2n) is 9.70. The zero-order chi connectivity index (χ0) is 25.1. The van der Waals surface area contributed by atoms with Crippen molar-refractivity contribution in [2.45, 2.75) is 24.8 Å². The van der Waals surface area contributed by atoms with Gasteiger partial charge >= 0.3 is 0 Å². The van der Waals surface area contributed by atoms with Gasteiger partial charge in [0.2, 0.25) is 0 Å². The number of hydrogen-bond acceptors (Lipinski definition) is 5. The summed E-state index contributed by atoms with van der Waals surface area (Å²) in [6, 6.07) is 20.7. The molecule has 1 saturated carbocycles. The van der Waals surface area contributed by atoms with Crippen LogP contribution in [0.15, 0.2) is 79.1 Å². The van der Waals surface area contributed by atoms with E-state index < -0.39 is 0 Å². The zero-order valence-electron chi connectivity index (χ0n) is 19.9. The van der Waals surface area contributed by atoms with Gasteiger partial charge in [-0.25, -0.2) is 19.3 Å². The van der Waals surface area contributed by atoms with Crippen molar-refractivity contribution in [1.29, 1.82) is 0 Å². The first-order chi connectivity index (χ1) is 18.0. The molecule has 0 bridgehead atoms. The van der Waals surface area contributed by atoms with Gasteiger partial charge < -0.3 is 16.5 Å². The lowest BCUT2D eigenvalue weighted by Crippen LogP contribution is -2.43. The monoisotopic (exact) mass is 489 g/mol.